The van der Waals surface area contributed by atoms with Crippen molar-refractivity contribution in [2.24, 2.45) is 11.5 Å². The zero-order valence-electron chi connectivity index (χ0n) is 76.0. The Balaban J connectivity index is -0.000000631. The van der Waals surface area contributed by atoms with Gasteiger partial charge in [-0.05, 0) is 210 Å². The van der Waals surface area contributed by atoms with E-state index in [0.29, 0.717) is 91.3 Å². The van der Waals surface area contributed by atoms with Crippen LogP contribution in [0.4, 0.5) is 17.1 Å². The number of benzene rings is 3. The highest BCUT2D eigenvalue weighted by Gasteiger charge is 2.37. The lowest BCUT2D eigenvalue weighted by Crippen LogP contribution is -2.59. The number of β-amino-alcohol motifs (C(OH)–C–C–N with tert-alkyl or cyclic N) is 2. The molecular weight excluding hydrogens is 1570 g/mol. The van der Waals surface area contributed by atoms with Gasteiger partial charge in [0.15, 0.2) is 0 Å². The number of aliphatic hydroxyl groups excluding tert-OH is 20. The molecule has 0 saturated carbocycles. The Morgan fingerprint density at radius 2 is 0.926 bits per heavy atom. The molecule has 11 atom stereocenters. The Bertz CT molecular complexity index is 2620. The second-order valence-electron chi connectivity index (χ2n) is 32.8. The van der Waals surface area contributed by atoms with Crippen LogP contribution >= 0.6 is 0 Å². The minimum Gasteiger partial charge on any atom is -0.480 e. The summed E-state index contributed by atoms with van der Waals surface area (Å²) in [6.45, 7) is 33.7. The van der Waals surface area contributed by atoms with E-state index in [1.807, 2.05) is 82.2 Å². The Morgan fingerprint density at radius 3 is 1.20 bits per heavy atom. The molecule has 3 aromatic carbocycles. The molecule has 0 bridgehead atoms. The number of carboxylic acid groups (broad SMARTS) is 1. The van der Waals surface area contributed by atoms with Crippen LogP contribution < -0.4 is 42.1 Å². The fraction of sp³-hybridized carbons (Fsp3) is 0.782. The molecule has 4 aliphatic rings. The molecule has 34 nitrogen and oxygen atoms in total. The van der Waals surface area contributed by atoms with E-state index in [9.17, 15) is 35.4 Å². The number of anilines is 3. The molecule has 4 heterocycles. The number of nitrogens with zero attached hydrogens (tertiary/aromatic N) is 7. The molecule has 4 saturated heterocycles. The van der Waals surface area contributed by atoms with Crippen LogP contribution in [0.3, 0.4) is 0 Å². The van der Waals surface area contributed by atoms with Crippen LogP contribution in [0.2, 0.25) is 0 Å². The van der Waals surface area contributed by atoms with Crippen molar-refractivity contribution in [3.05, 3.63) is 91.0 Å². The molecule has 11 unspecified atom stereocenters. The van der Waals surface area contributed by atoms with Gasteiger partial charge in [0.2, 0.25) is 0 Å². The zero-order valence-corrected chi connectivity index (χ0v) is 76.0. The second-order valence-corrected chi connectivity index (χ2v) is 32.8. The molecule has 4 aliphatic heterocycles. The predicted octanol–water partition coefficient (Wildman–Crippen LogP) is -1.34. The van der Waals surface area contributed by atoms with Gasteiger partial charge in [-0.3, -0.25) is 19.5 Å². The lowest BCUT2D eigenvalue weighted by atomic mass is 9.81. The van der Waals surface area contributed by atoms with Gasteiger partial charge in [0, 0.05) is 171 Å². The molecule has 121 heavy (non-hydrogen) atoms. The summed E-state index contributed by atoms with van der Waals surface area (Å²) >= 11 is 0. The van der Waals surface area contributed by atoms with E-state index in [4.69, 9.17) is 88.1 Å². The second kappa shape index (κ2) is 76.6. The van der Waals surface area contributed by atoms with Gasteiger partial charge in [-0.2, -0.15) is 0 Å². The molecule has 0 aliphatic carbocycles. The molecular formula is C87H174N12O22. The SMILES string of the molecule is CC(N)C(=O)O.CC(O)CN(CCN(CC(C)O)CC(C)O)CC(C)O.CC1(C)CC(O)CC(C)(C)N1.CCN(CCO)c1ccccc1.CN(C)CC(O)CO.CNCC(O)C(O)C(O)C(O)CO.NC(CCCO)(CCCO)CCCO.OC1CCCNC1.OCCN(CCO)c1ccccc1.OCCN1CC1.c1ccc(N2CCCC2)cc1. The summed E-state index contributed by atoms with van der Waals surface area (Å²) < 4.78 is 0. The maximum absolute atomic E-state index is 9.57. The third kappa shape index (κ3) is 73.2. The van der Waals surface area contributed by atoms with Crippen molar-refractivity contribution in [1.29, 1.82) is 0 Å². The number of rotatable bonds is 42. The Morgan fingerprint density at radius 1 is 0.537 bits per heavy atom. The molecule has 34 heteroatoms. The summed E-state index contributed by atoms with van der Waals surface area (Å²) in [6.07, 6.45) is 2.61. The van der Waals surface area contributed by atoms with Crippen molar-refractivity contribution in [3.8, 4) is 0 Å². The van der Waals surface area contributed by atoms with Gasteiger partial charge < -0.3 is 154 Å². The molecule has 714 valence electrons. The minimum atomic E-state index is -1.55. The third-order valence-electron chi connectivity index (χ3n) is 18.6. The molecule has 0 aromatic heterocycles. The van der Waals surface area contributed by atoms with Crippen LogP contribution in [0, 0.1) is 0 Å². The normalized spacial score (nSPS) is 17.6. The van der Waals surface area contributed by atoms with Gasteiger partial charge >= 0.3 is 5.97 Å². The van der Waals surface area contributed by atoms with Crippen LogP contribution in [-0.2, 0) is 4.79 Å². The van der Waals surface area contributed by atoms with Gasteiger partial charge in [0.1, 0.15) is 24.4 Å². The fourth-order valence-electron chi connectivity index (χ4n) is 13.0. The molecule has 3 aromatic rings. The highest BCUT2D eigenvalue weighted by atomic mass is 16.4. The highest BCUT2D eigenvalue weighted by molar-refractivity contribution is 5.72. The van der Waals surface area contributed by atoms with Crippen LogP contribution in [0.25, 0.3) is 0 Å². The number of para-hydroxylation sites is 3. The van der Waals surface area contributed by atoms with Gasteiger partial charge in [0.25, 0.3) is 0 Å². The minimum absolute atomic E-state index is 0.0752. The fourth-order valence-corrected chi connectivity index (χ4v) is 13.0. The molecule has 0 amide bonds. The van der Waals surface area contributed by atoms with Crippen molar-refractivity contribution in [2.45, 2.75) is 236 Å². The van der Waals surface area contributed by atoms with Crippen LogP contribution in [0.5, 0.6) is 0 Å². The molecule has 4 fully saturated rings. The van der Waals surface area contributed by atoms with Gasteiger partial charge in [-0.25, -0.2) is 0 Å². The number of likely N-dealkylation sites (N-methyl/N-ethyl adjacent to an activating group) is 3. The standard InChI is InChI=1S/C14H32N2O4.C10H23NO3.C10H15NO2.C10H15NO.C10H13N.C9H19NO.C7H17NO5.C5H13NO2.C5H11NO.C4H9NO.C3H7NO2/c1-11(17)7-15(8-12(2)18)5-6-16(9-13(3)19)10-14(4)20;11-10(4-1-7-12,5-2-8-13)6-3-9-14;12-8-6-11(7-9-13)10-4-2-1-3-5-10;1-2-11(8-9-12)10-6-4-3-5-7-10;1-2-6-10(7-3-1)11-8-4-5-9-11;1-8(2)5-7(11)6-9(3,4)10-8;1-8-2-4(10)6(12)7(13)5(11)3-9;1-6(2)3-5(8)4-7;7-5-2-1-3-6-4-5;6-4-3-5-1-2-5;1-2(4)3(5)6/h11-14,17-20H,5-10H2,1-4H3;12-14H,1-9,11H2;1-5,12-13H,6-9H2;3-7,12H,2,8-9H2,1H3;1-3,6-7H,4-5,8-9H2;7,10-11H,5-6H2,1-4H3;4-13H,2-3H2,1H3;5,7-8H,3-4H2,1-2H3;5-7H,1-4H2;6H,1-4H2;2H,4H2,1H3,(H,5,6). The summed E-state index contributed by atoms with van der Waals surface area (Å²) in [5.74, 6) is -0.963. The van der Waals surface area contributed by atoms with Crippen molar-refractivity contribution >= 4 is 23.0 Å². The maximum Gasteiger partial charge on any atom is 0.320 e. The predicted molar refractivity (Wildman–Crippen MR) is 484 cm³/mol. The van der Waals surface area contributed by atoms with E-state index in [0.717, 1.165) is 76.8 Å². The van der Waals surface area contributed by atoms with Crippen molar-refractivity contribution < 1.29 is 112 Å². The topological polar surface area (TPSA) is 552 Å². The molecule has 7 rings (SSSR count). The van der Waals surface area contributed by atoms with E-state index in [1.54, 1.807) is 34.7 Å². The van der Waals surface area contributed by atoms with E-state index >= 15 is 0 Å². The first-order chi connectivity index (χ1) is 57.1. The Kier molecular flexibility index (Phi) is 77.6. The number of carbonyl (C=O) groups is 1. The number of aliphatic hydroxyl groups is 20. The monoisotopic (exact) mass is 1740 g/mol. The smallest absolute Gasteiger partial charge is 0.320 e. The quantitative estimate of drug-likeness (QED) is 0.0292. The molecule has 0 radical (unpaired) electrons. The summed E-state index contributed by atoms with van der Waals surface area (Å²) in [4.78, 5) is 24.1. The van der Waals surface area contributed by atoms with Gasteiger partial charge in [-0.15, -0.1) is 0 Å². The van der Waals surface area contributed by atoms with E-state index in [2.05, 4.69) is 108 Å². The number of nitrogens with one attached hydrogen (secondary N) is 3. The summed E-state index contributed by atoms with van der Waals surface area (Å²) in [6, 6.07) is 29.8. The summed E-state index contributed by atoms with van der Waals surface area (Å²) in [5.41, 5.74) is 14.4. The van der Waals surface area contributed by atoms with Crippen LogP contribution in [0.15, 0.2) is 91.0 Å². The number of piperidine rings is 2. The first-order valence-corrected chi connectivity index (χ1v) is 43.2. The zero-order chi connectivity index (χ0) is 92.8. The number of hydrogen-bond donors (Lipinski definition) is 26. The lowest BCUT2D eigenvalue weighted by Gasteiger charge is -2.44. The summed E-state index contributed by atoms with van der Waals surface area (Å²) in [7, 11) is 5.27. The van der Waals surface area contributed by atoms with Crippen molar-refractivity contribution in [2.75, 3.05) is 220 Å². The molecule has 28 N–H and O–H groups in total. The van der Waals surface area contributed by atoms with Crippen molar-refractivity contribution in [3.63, 3.8) is 0 Å². The number of hydrogen-bond acceptors (Lipinski definition) is 33. The Hall–Kier alpha value is -4.63. The Labute approximate surface area is 725 Å². The average molecular weight is 1740 g/mol. The molecule has 0 spiro atoms. The summed E-state index contributed by atoms with van der Waals surface area (Å²) in [5, 5.41) is 196. The van der Waals surface area contributed by atoms with E-state index in [-0.39, 0.29) is 81.6 Å². The van der Waals surface area contributed by atoms with E-state index < -0.39 is 73.6 Å². The largest absolute Gasteiger partial charge is 0.480 e. The number of aliphatic carboxylic acids is 1. The van der Waals surface area contributed by atoms with Gasteiger partial charge in [-0.1, -0.05) is 54.6 Å². The van der Waals surface area contributed by atoms with Crippen molar-refractivity contribution in [1.82, 2.24) is 35.6 Å². The first-order valence-electron chi connectivity index (χ1n) is 43.2. The van der Waals surface area contributed by atoms with Crippen LogP contribution in [-0.4, -0.2) is 428 Å². The lowest BCUT2D eigenvalue weighted by molar-refractivity contribution is -0.138. The van der Waals surface area contributed by atoms with Crippen LogP contribution in [0.1, 0.15) is 146 Å². The number of carboxylic acids is 1. The van der Waals surface area contributed by atoms with Gasteiger partial charge in [0.05, 0.1) is 88.5 Å². The first kappa shape index (κ1) is 123. The third-order valence-corrected chi connectivity index (χ3v) is 18.6. The maximum atomic E-state index is 9.57. The van der Waals surface area contributed by atoms with E-state index in [1.165, 1.54) is 57.3 Å². The number of nitrogens with two attached hydrogens (primary N) is 2. The highest BCUT2D eigenvalue weighted by Crippen LogP contribution is 2.28. The average Bonchev–Trinajstić information content (AvgIpc) is 1.43.